The summed E-state index contributed by atoms with van der Waals surface area (Å²) < 4.78 is 6.25. The highest BCUT2D eigenvalue weighted by Crippen LogP contribution is 2.51. The molecular weight excluding hydrogens is 350 g/mol. The number of nitrogens with zero attached hydrogens (tertiary/aromatic N) is 2. The summed E-state index contributed by atoms with van der Waals surface area (Å²) in [5, 5.41) is 0. The third kappa shape index (κ3) is 3.49. The molecule has 6 heteroatoms. The van der Waals surface area contributed by atoms with E-state index in [1.54, 1.807) is 6.20 Å². The third-order valence-corrected chi connectivity index (χ3v) is 6.63. The monoisotopic (exact) mass is 379 g/mol. The highest BCUT2D eigenvalue weighted by atomic mass is 35.5. The fraction of sp³-hybridized carbons (Fsp3) is 0.700. The quantitative estimate of drug-likeness (QED) is 0.825. The molecule has 1 aliphatic heterocycles. The number of rotatable bonds is 6. The van der Waals surface area contributed by atoms with Crippen molar-refractivity contribution < 1.29 is 9.53 Å². The number of amides is 1. The molecular formula is C20H30ClN3O2. The molecule has 1 amide bonds. The molecule has 2 aliphatic carbocycles. The molecule has 1 aromatic rings. The molecule has 26 heavy (non-hydrogen) atoms. The second kappa shape index (κ2) is 7.83. The summed E-state index contributed by atoms with van der Waals surface area (Å²) in [6.07, 6.45) is 9.53. The van der Waals surface area contributed by atoms with Crippen LogP contribution in [0.15, 0.2) is 18.3 Å². The van der Waals surface area contributed by atoms with Gasteiger partial charge in [-0.1, -0.05) is 19.3 Å². The Morgan fingerprint density at radius 3 is 2.58 bits per heavy atom. The minimum absolute atomic E-state index is 0. The van der Waals surface area contributed by atoms with Gasteiger partial charge in [-0.2, -0.15) is 0 Å². The third-order valence-electron chi connectivity index (χ3n) is 6.63. The van der Waals surface area contributed by atoms with E-state index >= 15 is 0 Å². The summed E-state index contributed by atoms with van der Waals surface area (Å²) in [5.41, 5.74) is 6.57. The Hall–Kier alpha value is -1.17. The second-order valence-electron chi connectivity index (χ2n) is 8.11. The van der Waals surface area contributed by atoms with Crippen LogP contribution in [0, 0.1) is 17.8 Å². The predicted molar refractivity (Wildman–Crippen MR) is 103 cm³/mol. The molecule has 4 rings (SSSR count). The molecule has 0 radical (unpaired) electrons. The van der Waals surface area contributed by atoms with Gasteiger partial charge in [0.2, 0.25) is 0 Å². The first-order valence-electron chi connectivity index (χ1n) is 9.67. The topological polar surface area (TPSA) is 68.5 Å². The predicted octanol–water partition coefficient (Wildman–Crippen LogP) is 2.98. The number of aromatic nitrogens is 1. The van der Waals surface area contributed by atoms with E-state index in [1.165, 1.54) is 45.1 Å². The fourth-order valence-electron chi connectivity index (χ4n) is 5.21. The zero-order valence-electron chi connectivity index (χ0n) is 15.5. The van der Waals surface area contributed by atoms with Crippen LogP contribution in [-0.4, -0.2) is 42.5 Å². The number of methoxy groups -OCH3 is 1. The molecule has 3 atom stereocenters. The lowest BCUT2D eigenvalue weighted by Gasteiger charge is -2.55. The lowest BCUT2D eigenvalue weighted by atomic mass is 9.62. The number of fused-ring (bicyclic) bond motifs is 2. The molecule has 5 nitrogen and oxygen atoms in total. The Morgan fingerprint density at radius 2 is 2.00 bits per heavy atom. The lowest BCUT2D eigenvalue weighted by Crippen LogP contribution is -2.59. The molecule has 2 heterocycles. The van der Waals surface area contributed by atoms with Gasteiger partial charge in [-0.15, -0.1) is 12.4 Å². The Kier molecular flexibility index (Phi) is 5.90. The molecule has 0 spiro atoms. The number of carbonyl (C=O) groups is 1. The first kappa shape index (κ1) is 19.6. The standard InChI is InChI=1S/C20H29N3O2.ClH/c1-25-20(15-7-9-22-18(11-15)19(21)24)16-3-2-4-17(20)13-23(12-16)10-8-14-5-6-14;/h7,9,11,14,16-17H,2-6,8,10,12-13H2,1H3,(H2,21,24);1H/t16-,17+,20?;. The Morgan fingerprint density at radius 1 is 1.31 bits per heavy atom. The first-order valence-corrected chi connectivity index (χ1v) is 9.67. The van der Waals surface area contributed by atoms with Crippen molar-refractivity contribution in [1.82, 2.24) is 9.88 Å². The number of hydrogen-bond donors (Lipinski definition) is 1. The number of halogens is 1. The first-order chi connectivity index (χ1) is 12.1. The highest BCUT2D eigenvalue weighted by Gasteiger charge is 2.53. The minimum Gasteiger partial charge on any atom is -0.373 e. The van der Waals surface area contributed by atoms with Crippen LogP contribution in [0.4, 0.5) is 0 Å². The Balaban J connectivity index is 0.00000196. The van der Waals surface area contributed by atoms with Crippen molar-refractivity contribution >= 4 is 18.3 Å². The van der Waals surface area contributed by atoms with Crippen LogP contribution in [-0.2, 0) is 10.3 Å². The van der Waals surface area contributed by atoms with Crippen molar-refractivity contribution in [2.75, 3.05) is 26.7 Å². The van der Waals surface area contributed by atoms with E-state index in [1.807, 2.05) is 19.2 Å². The van der Waals surface area contributed by atoms with Crippen molar-refractivity contribution in [2.24, 2.45) is 23.5 Å². The maximum absolute atomic E-state index is 11.6. The number of primary amides is 1. The Bertz CT molecular complexity index is 636. The van der Waals surface area contributed by atoms with Gasteiger partial charge in [0.1, 0.15) is 11.3 Å². The molecule has 2 bridgehead atoms. The van der Waals surface area contributed by atoms with Crippen LogP contribution in [0.1, 0.15) is 54.6 Å². The van der Waals surface area contributed by atoms with Gasteiger partial charge in [-0.25, -0.2) is 0 Å². The maximum Gasteiger partial charge on any atom is 0.267 e. The number of piperidine rings is 1. The average molecular weight is 380 g/mol. The van der Waals surface area contributed by atoms with Crippen molar-refractivity contribution in [2.45, 2.75) is 44.1 Å². The molecule has 1 saturated heterocycles. The second-order valence-corrected chi connectivity index (χ2v) is 8.11. The van der Waals surface area contributed by atoms with Gasteiger partial charge < -0.3 is 15.4 Å². The molecule has 1 aromatic heterocycles. The van der Waals surface area contributed by atoms with Crippen molar-refractivity contribution in [1.29, 1.82) is 0 Å². The van der Waals surface area contributed by atoms with Crippen LogP contribution in [0.3, 0.4) is 0 Å². The number of likely N-dealkylation sites (tertiary alicyclic amines) is 1. The molecule has 1 unspecified atom stereocenters. The molecule has 3 aliphatic rings. The SMILES string of the molecule is COC1(c2ccnc(C(N)=O)c2)[C@@H]2CCC[C@H]1CN(CCC1CC1)C2.Cl. The average Bonchev–Trinajstić information content (AvgIpc) is 3.43. The van der Waals surface area contributed by atoms with E-state index in [0.717, 1.165) is 24.6 Å². The van der Waals surface area contributed by atoms with Crippen molar-refractivity contribution in [3.8, 4) is 0 Å². The van der Waals surface area contributed by atoms with E-state index in [2.05, 4.69) is 9.88 Å². The summed E-state index contributed by atoms with van der Waals surface area (Å²) >= 11 is 0. The summed E-state index contributed by atoms with van der Waals surface area (Å²) in [6, 6.07) is 3.87. The smallest absolute Gasteiger partial charge is 0.267 e. The van der Waals surface area contributed by atoms with Gasteiger partial charge in [0.15, 0.2) is 0 Å². The zero-order chi connectivity index (χ0) is 17.4. The summed E-state index contributed by atoms with van der Waals surface area (Å²) in [5.74, 6) is 1.44. The number of pyridine rings is 1. The van der Waals surface area contributed by atoms with Crippen LogP contribution >= 0.6 is 12.4 Å². The van der Waals surface area contributed by atoms with E-state index in [9.17, 15) is 4.79 Å². The van der Waals surface area contributed by atoms with Gasteiger partial charge in [-0.3, -0.25) is 9.78 Å². The molecule has 144 valence electrons. The van der Waals surface area contributed by atoms with Crippen molar-refractivity contribution in [3.05, 3.63) is 29.6 Å². The number of nitrogens with two attached hydrogens (primary N) is 1. The largest absolute Gasteiger partial charge is 0.373 e. The fourth-order valence-corrected chi connectivity index (χ4v) is 5.21. The van der Waals surface area contributed by atoms with Gasteiger partial charge in [-0.05, 0) is 49.4 Å². The van der Waals surface area contributed by atoms with Gasteiger partial charge in [0, 0.05) is 38.2 Å². The molecule has 2 N–H and O–H groups in total. The normalized spacial score (nSPS) is 31.3. The van der Waals surface area contributed by atoms with E-state index in [0.29, 0.717) is 17.5 Å². The number of hydrogen-bond acceptors (Lipinski definition) is 4. The maximum atomic E-state index is 11.6. The highest BCUT2D eigenvalue weighted by molar-refractivity contribution is 5.90. The van der Waals surface area contributed by atoms with Crippen LogP contribution in [0.5, 0.6) is 0 Å². The van der Waals surface area contributed by atoms with E-state index < -0.39 is 5.91 Å². The lowest BCUT2D eigenvalue weighted by molar-refractivity contribution is -0.169. The molecule has 3 fully saturated rings. The van der Waals surface area contributed by atoms with Gasteiger partial charge in [0.25, 0.3) is 5.91 Å². The summed E-state index contributed by atoms with van der Waals surface area (Å²) in [7, 11) is 1.83. The zero-order valence-corrected chi connectivity index (χ0v) is 16.3. The van der Waals surface area contributed by atoms with Crippen LogP contribution < -0.4 is 5.73 Å². The number of carbonyl (C=O) groups excluding carboxylic acids is 1. The van der Waals surface area contributed by atoms with E-state index in [4.69, 9.17) is 10.5 Å². The van der Waals surface area contributed by atoms with Gasteiger partial charge in [0.05, 0.1) is 0 Å². The van der Waals surface area contributed by atoms with Crippen LogP contribution in [0.2, 0.25) is 0 Å². The molecule has 0 aromatic carbocycles. The van der Waals surface area contributed by atoms with Crippen LogP contribution in [0.25, 0.3) is 0 Å². The summed E-state index contributed by atoms with van der Waals surface area (Å²) in [4.78, 5) is 18.4. The number of ether oxygens (including phenoxy) is 1. The summed E-state index contributed by atoms with van der Waals surface area (Å²) in [6.45, 7) is 3.40. The minimum atomic E-state index is -0.472. The van der Waals surface area contributed by atoms with Gasteiger partial charge >= 0.3 is 0 Å². The Labute approximate surface area is 162 Å². The van der Waals surface area contributed by atoms with Crippen molar-refractivity contribution in [3.63, 3.8) is 0 Å². The molecule has 2 saturated carbocycles. The van der Waals surface area contributed by atoms with E-state index in [-0.39, 0.29) is 18.0 Å².